The van der Waals surface area contributed by atoms with Crippen molar-refractivity contribution < 1.29 is 14.6 Å². The third-order valence-corrected chi connectivity index (χ3v) is 4.25. The van der Waals surface area contributed by atoms with Gasteiger partial charge in [0.15, 0.2) is 0 Å². The molecule has 0 aliphatic heterocycles. The zero-order valence-electron chi connectivity index (χ0n) is 15.8. The SMILES string of the molecule is CO/C(=C\c1ccc(C)cc1)c1ccc(C#Cc2ccc(C(=O)O)cc2)cc1. The van der Waals surface area contributed by atoms with Crippen molar-refractivity contribution >= 4 is 17.8 Å². The highest BCUT2D eigenvalue weighted by atomic mass is 16.5. The highest BCUT2D eigenvalue weighted by Crippen LogP contribution is 2.20. The number of hydrogen-bond acceptors (Lipinski definition) is 2. The van der Waals surface area contributed by atoms with Gasteiger partial charge in [0.2, 0.25) is 0 Å². The van der Waals surface area contributed by atoms with Gasteiger partial charge in [-0.1, -0.05) is 53.8 Å². The number of hydrogen-bond donors (Lipinski definition) is 1. The molecule has 1 N–H and O–H groups in total. The molecule has 0 aliphatic rings. The Morgan fingerprint density at radius 2 is 1.32 bits per heavy atom. The van der Waals surface area contributed by atoms with E-state index in [0.29, 0.717) is 0 Å². The number of ether oxygens (including phenoxy) is 1. The van der Waals surface area contributed by atoms with Crippen molar-refractivity contribution in [1.29, 1.82) is 0 Å². The molecule has 0 saturated carbocycles. The average molecular weight is 368 g/mol. The third kappa shape index (κ3) is 4.90. The van der Waals surface area contributed by atoms with Crippen molar-refractivity contribution in [1.82, 2.24) is 0 Å². The van der Waals surface area contributed by atoms with Gasteiger partial charge < -0.3 is 9.84 Å². The first kappa shape index (κ1) is 19.0. The molecule has 0 unspecified atom stereocenters. The number of aromatic carboxylic acids is 1. The number of aryl methyl sites for hydroxylation is 1. The number of rotatable bonds is 4. The quantitative estimate of drug-likeness (QED) is 0.389. The van der Waals surface area contributed by atoms with Gasteiger partial charge in [0.1, 0.15) is 5.76 Å². The topological polar surface area (TPSA) is 46.5 Å². The Bertz CT molecular complexity index is 1050. The summed E-state index contributed by atoms with van der Waals surface area (Å²) in [6.07, 6.45) is 2.00. The van der Waals surface area contributed by atoms with E-state index in [1.54, 1.807) is 31.4 Å². The number of carbonyl (C=O) groups is 1. The normalized spacial score (nSPS) is 10.7. The second-order valence-corrected chi connectivity index (χ2v) is 6.33. The summed E-state index contributed by atoms with van der Waals surface area (Å²) in [6, 6.07) is 22.6. The van der Waals surface area contributed by atoms with Gasteiger partial charge in [0.05, 0.1) is 12.7 Å². The maximum absolute atomic E-state index is 10.9. The Labute approximate surface area is 164 Å². The molecule has 3 rings (SSSR count). The van der Waals surface area contributed by atoms with Gasteiger partial charge in [-0.2, -0.15) is 0 Å². The summed E-state index contributed by atoms with van der Waals surface area (Å²) < 4.78 is 5.55. The van der Waals surface area contributed by atoms with Gasteiger partial charge in [-0.15, -0.1) is 0 Å². The molecule has 0 bridgehead atoms. The number of carboxylic acids is 1. The van der Waals surface area contributed by atoms with Crippen LogP contribution in [0.4, 0.5) is 0 Å². The molecule has 3 aromatic carbocycles. The summed E-state index contributed by atoms with van der Waals surface area (Å²) >= 11 is 0. The zero-order valence-corrected chi connectivity index (χ0v) is 15.8. The van der Waals surface area contributed by atoms with Crippen molar-refractivity contribution in [3.8, 4) is 11.8 Å². The predicted molar refractivity (Wildman–Crippen MR) is 112 cm³/mol. The first-order valence-electron chi connectivity index (χ1n) is 8.83. The fourth-order valence-electron chi connectivity index (χ4n) is 2.63. The average Bonchev–Trinajstić information content (AvgIpc) is 2.72. The van der Waals surface area contributed by atoms with E-state index in [9.17, 15) is 4.79 Å². The van der Waals surface area contributed by atoms with Gasteiger partial charge in [-0.05, 0) is 55.0 Å². The summed E-state index contributed by atoms with van der Waals surface area (Å²) in [4.78, 5) is 10.9. The lowest BCUT2D eigenvalue weighted by Crippen LogP contribution is -1.94. The lowest BCUT2D eigenvalue weighted by atomic mass is 10.1. The van der Waals surface area contributed by atoms with Crippen molar-refractivity contribution in [3.05, 3.63) is 106 Å². The molecule has 0 fully saturated rings. The lowest BCUT2D eigenvalue weighted by Gasteiger charge is -2.07. The molecule has 0 radical (unpaired) electrons. The lowest BCUT2D eigenvalue weighted by molar-refractivity contribution is 0.0697. The Hall–Kier alpha value is -3.77. The maximum Gasteiger partial charge on any atom is 0.335 e. The first-order valence-corrected chi connectivity index (χ1v) is 8.83. The highest BCUT2D eigenvalue weighted by Gasteiger charge is 2.02. The van der Waals surface area contributed by atoms with Crippen LogP contribution in [0.2, 0.25) is 0 Å². The maximum atomic E-state index is 10.9. The minimum absolute atomic E-state index is 0.252. The monoisotopic (exact) mass is 368 g/mol. The van der Waals surface area contributed by atoms with Crippen LogP contribution in [-0.4, -0.2) is 18.2 Å². The van der Waals surface area contributed by atoms with E-state index in [1.807, 2.05) is 30.3 Å². The van der Waals surface area contributed by atoms with E-state index in [4.69, 9.17) is 9.84 Å². The Morgan fingerprint density at radius 3 is 1.79 bits per heavy atom. The fourth-order valence-corrected chi connectivity index (χ4v) is 2.63. The van der Waals surface area contributed by atoms with Crippen LogP contribution in [-0.2, 0) is 4.74 Å². The number of methoxy groups -OCH3 is 1. The van der Waals surface area contributed by atoms with Crippen molar-refractivity contribution in [2.45, 2.75) is 6.92 Å². The van der Waals surface area contributed by atoms with E-state index in [2.05, 4.69) is 43.0 Å². The molecule has 28 heavy (non-hydrogen) atoms. The van der Waals surface area contributed by atoms with Gasteiger partial charge in [-0.25, -0.2) is 4.79 Å². The molecule has 0 amide bonds. The molecule has 0 aliphatic carbocycles. The molecule has 0 spiro atoms. The Morgan fingerprint density at radius 1 is 0.821 bits per heavy atom. The van der Waals surface area contributed by atoms with Crippen LogP contribution in [0.1, 0.15) is 38.2 Å². The minimum Gasteiger partial charge on any atom is -0.496 e. The summed E-state index contributed by atoms with van der Waals surface area (Å²) in [7, 11) is 1.66. The molecule has 138 valence electrons. The third-order valence-electron chi connectivity index (χ3n) is 4.25. The first-order chi connectivity index (χ1) is 13.5. The number of benzene rings is 3. The largest absolute Gasteiger partial charge is 0.496 e. The smallest absolute Gasteiger partial charge is 0.335 e. The predicted octanol–water partition coefficient (Wildman–Crippen LogP) is 5.24. The van der Waals surface area contributed by atoms with Crippen LogP contribution in [0.5, 0.6) is 0 Å². The van der Waals surface area contributed by atoms with Crippen LogP contribution in [0.15, 0.2) is 72.8 Å². The summed E-state index contributed by atoms with van der Waals surface area (Å²) in [5.74, 6) is 5.98. The molecule has 3 heteroatoms. The molecule has 0 aromatic heterocycles. The standard InChI is InChI=1S/C25H20O3/c1-18-3-5-21(6-4-18)17-24(28-2)22-13-9-19(10-14-22)7-8-20-11-15-23(16-12-20)25(26)27/h3-6,9-17H,1-2H3,(H,26,27)/b24-17-. The van der Waals surface area contributed by atoms with E-state index in [0.717, 1.165) is 28.0 Å². The summed E-state index contributed by atoms with van der Waals surface area (Å²) in [6.45, 7) is 2.06. The van der Waals surface area contributed by atoms with Gasteiger partial charge >= 0.3 is 5.97 Å². The number of carboxylic acid groups (broad SMARTS) is 1. The Kier molecular flexibility index (Phi) is 5.94. The van der Waals surface area contributed by atoms with E-state index in [1.165, 1.54) is 5.56 Å². The fraction of sp³-hybridized carbons (Fsp3) is 0.0800. The molecular formula is C25H20O3. The van der Waals surface area contributed by atoms with Gasteiger partial charge in [0.25, 0.3) is 0 Å². The van der Waals surface area contributed by atoms with E-state index >= 15 is 0 Å². The van der Waals surface area contributed by atoms with Crippen molar-refractivity contribution in [2.24, 2.45) is 0 Å². The van der Waals surface area contributed by atoms with Crippen LogP contribution >= 0.6 is 0 Å². The van der Waals surface area contributed by atoms with Crippen LogP contribution < -0.4 is 0 Å². The van der Waals surface area contributed by atoms with Gasteiger partial charge in [0, 0.05) is 16.7 Å². The Balaban J connectivity index is 1.77. The summed E-state index contributed by atoms with van der Waals surface area (Å²) in [5.41, 5.74) is 5.16. The summed E-state index contributed by atoms with van der Waals surface area (Å²) in [5, 5.41) is 8.93. The minimum atomic E-state index is -0.942. The van der Waals surface area contributed by atoms with E-state index < -0.39 is 5.97 Å². The van der Waals surface area contributed by atoms with Crippen LogP contribution in [0, 0.1) is 18.8 Å². The molecule has 0 saturated heterocycles. The molecule has 3 aromatic rings. The molecular weight excluding hydrogens is 348 g/mol. The van der Waals surface area contributed by atoms with Crippen LogP contribution in [0.3, 0.4) is 0 Å². The zero-order chi connectivity index (χ0) is 19.9. The molecule has 0 heterocycles. The van der Waals surface area contributed by atoms with Crippen molar-refractivity contribution in [3.63, 3.8) is 0 Å². The van der Waals surface area contributed by atoms with Crippen molar-refractivity contribution in [2.75, 3.05) is 7.11 Å². The second kappa shape index (κ2) is 8.75. The molecule has 0 atom stereocenters. The van der Waals surface area contributed by atoms with E-state index in [-0.39, 0.29) is 5.56 Å². The highest BCUT2D eigenvalue weighted by molar-refractivity contribution is 5.87. The van der Waals surface area contributed by atoms with Gasteiger partial charge in [-0.3, -0.25) is 0 Å². The molecule has 3 nitrogen and oxygen atoms in total. The second-order valence-electron chi connectivity index (χ2n) is 6.33. The van der Waals surface area contributed by atoms with Crippen LogP contribution in [0.25, 0.3) is 11.8 Å².